The van der Waals surface area contributed by atoms with Gasteiger partial charge in [-0.2, -0.15) is 0 Å². The Morgan fingerprint density at radius 3 is 2.13 bits per heavy atom. The summed E-state index contributed by atoms with van der Waals surface area (Å²) in [5.74, 6) is 0.141. The van der Waals surface area contributed by atoms with Crippen LogP contribution in [0.15, 0.2) is 0 Å². The number of ketones is 1. The molecule has 0 aliphatic rings. The van der Waals surface area contributed by atoms with Gasteiger partial charge in [0.15, 0.2) is 5.78 Å². The fourth-order valence-corrected chi connectivity index (χ4v) is 1.04. The fourth-order valence-electron chi connectivity index (χ4n) is 1.04. The summed E-state index contributed by atoms with van der Waals surface area (Å²) in [4.78, 5) is 11.2. The smallest absolute Gasteiger partial charge is 0.160 e. The van der Waals surface area contributed by atoms with E-state index in [1.807, 2.05) is 0 Å². The molecule has 0 unspecified atom stereocenters. The van der Waals surface area contributed by atoms with Gasteiger partial charge in [0.05, 0.1) is 6.61 Å². The third-order valence-corrected chi connectivity index (χ3v) is 2.07. The average molecular weight is 216 g/mol. The van der Waals surface area contributed by atoms with Crippen LogP contribution in [0.1, 0.15) is 46.0 Å². The maximum Gasteiger partial charge on any atom is 0.160 e. The Morgan fingerprint density at radius 1 is 0.933 bits per heavy atom. The van der Waals surface area contributed by atoms with Crippen LogP contribution in [0.3, 0.4) is 0 Å². The highest BCUT2D eigenvalue weighted by Gasteiger charge is 2.01. The van der Waals surface area contributed by atoms with E-state index in [4.69, 9.17) is 9.47 Å². The largest absolute Gasteiger partial charge is 0.381 e. The standard InChI is InChI=1S/C12H24O3/c1-3-5-8-14-10-7-12(13)11-15-9-6-4-2/h3-11H2,1-2H3. The maximum atomic E-state index is 11.2. The molecule has 0 heterocycles. The summed E-state index contributed by atoms with van der Waals surface area (Å²) in [6.07, 6.45) is 4.82. The van der Waals surface area contributed by atoms with Crippen LogP contribution < -0.4 is 0 Å². The molecule has 0 N–H and O–H groups in total. The number of hydrogen-bond acceptors (Lipinski definition) is 3. The first-order valence-corrected chi connectivity index (χ1v) is 5.98. The molecule has 0 spiro atoms. The normalized spacial score (nSPS) is 10.5. The van der Waals surface area contributed by atoms with Gasteiger partial charge in [0.25, 0.3) is 0 Å². The van der Waals surface area contributed by atoms with Crippen molar-refractivity contribution in [3.05, 3.63) is 0 Å². The molecule has 0 saturated carbocycles. The highest BCUT2D eigenvalue weighted by molar-refractivity contribution is 5.79. The third-order valence-electron chi connectivity index (χ3n) is 2.07. The van der Waals surface area contributed by atoms with Crippen molar-refractivity contribution in [3.8, 4) is 0 Å². The van der Waals surface area contributed by atoms with Gasteiger partial charge in [0, 0.05) is 19.6 Å². The topological polar surface area (TPSA) is 35.5 Å². The molecule has 0 radical (unpaired) electrons. The van der Waals surface area contributed by atoms with E-state index < -0.39 is 0 Å². The molecule has 0 aromatic heterocycles. The van der Waals surface area contributed by atoms with Crippen LogP contribution in [-0.2, 0) is 14.3 Å². The molecule has 0 aromatic rings. The second-order valence-electron chi connectivity index (χ2n) is 3.66. The molecule has 0 aliphatic carbocycles. The Balaban J connectivity index is 3.11. The molecular weight excluding hydrogens is 192 g/mol. The van der Waals surface area contributed by atoms with E-state index in [1.165, 1.54) is 0 Å². The lowest BCUT2D eigenvalue weighted by Crippen LogP contribution is -2.12. The lowest BCUT2D eigenvalue weighted by atomic mass is 10.3. The van der Waals surface area contributed by atoms with Crippen LogP contribution in [0.5, 0.6) is 0 Å². The lowest BCUT2D eigenvalue weighted by molar-refractivity contribution is -0.124. The predicted octanol–water partition coefficient (Wildman–Crippen LogP) is 2.58. The Hall–Kier alpha value is -0.410. The van der Waals surface area contributed by atoms with Crippen molar-refractivity contribution in [1.82, 2.24) is 0 Å². The van der Waals surface area contributed by atoms with Gasteiger partial charge in [-0.1, -0.05) is 26.7 Å². The molecule has 0 aliphatic heterocycles. The molecule has 0 amide bonds. The summed E-state index contributed by atoms with van der Waals surface area (Å²) < 4.78 is 10.5. The van der Waals surface area contributed by atoms with Gasteiger partial charge < -0.3 is 9.47 Å². The number of carbonyl (C=O) groups excluding carboxylic acids is 1. The average Bonchev–Trinajstić information content (AvgIpc) is 2.24. The molecule has 0 atom stereocenters. The van der Waals surface area contributed by atoms with Crippen LogP contribution in [0.25, 0.3) is 0 Å². The van der Waals surface area contributed by atoms with Gasteiger partial charge in [0.2, 0.25) is 0 Å². The molecule has 0 fully saturated rings. The van der Waals surface area contributed by atoms with E-state index in [0.717, 1.165) is 32.3 Å². The molecule has 0 saturated heterocycles. The molecular formula is C12H24O3. The predicted molar refractivity (Wildman–Crippen MR) is 61.1 cm³/mol. The molecule has 0 rings (SSSR count). The van der Waals surface area contributed by atoms with E-state index in [0.29, 0.717) is 19.6 Å². The second kappa shape index (κ2) is 11.7. The van der Waals surface area contributed by atoms with Crippen molar-refractivity contribution in [2.75, 3.05) is 26.4 Å². The summed E-state index contributed by atoms with van der Waals surface area (Å²) in [7, 11) is 0. The third kappa shape index (κ3) is 11.5. The quantitative estimate of drug-likeness (QED) is 0.498. The number of hydrogen-bond donors (Lipinski definition) is 0. The van der Waals surface area contributed by atoms with Crippen molar-refractivity contribution in [2.45, 2.75) is 46.0 Å². The van der Waals surface area contributed by atoms with Crippen LogP contribution in [0.2, 0.25) is 0 Å². The summed E-state index contributed by atoms with van der Waals surface area (Å²) >= 11 is 0. The molecule has 3 nitrogen and oxygen atoms in total. The van der Waals surface area contributed by atoms with Crippen molar-refractivity contribution in [1.29, 1.82) is 0 Å². The molecule has 15 heavy (non-hydrogen) atoms. The van der Waals surface area contributed by atoms with Gasteiger partial charge in [-0.05, 0) is 12.8 Å². The van der Waals surface area contributed by atoms with Gasteiger partial charge in [0.1, 0.15) is 6.61 Å². The highest BCUT2D eigenvalue weighted by Crippen LogP contribution is 1.93. The zero-order chi connectivity index (χ0) is 11.4. The first-order chi connectivity index (χ1) is 7.31. The first-order valence-electron chi connectivity index (χ1n) is 5.98. The SMILES string of the molecule is CCCCOCCC(=O)COCCCC. The zero-order valence-electron chi connectivity index (χ0n) is 10.1. The lowest BCUT2D eigenvalue weighted by Gasteiger charge is -2.04. The van der Waals surface area contributed by atoms with Gasteiger partial charge in [-0.25, -0.2) is 0 Å². The number of Topliss-reactive ketones (excluding diaryl/α,β-unsaturated/α-hetero) is 1. The van der Waals surface area contributed by atoms with Gasteiger partial charge in [-0.15, -0.1) is 0 Å². The van der Waals surface area contributed by atoms with Gasteiger partial charge >= 0.3 is 0 Å². The van der Waals surface area contributed by atoms with E-state index in [2.05, 4.69) is 13.8 Å². The second-order valence-corrected chi connectivity index (χ2v) is 3.66. The van der Waals surface area contributed by atoms with Crippen LogP contribution in [-0.4, -0.2) is 32.2 Å². The van der Waals surface area contributed by atoms with Crippen LogP contribution >= 0.6 is 0 Å². The van der Waals surface area contributed by atoms with Gasteiger partial charge in [-0.3, -0.25) is 4.79 Å². The Morgan fingerprint density at radius 2 is 1.53 bits per heavy atom. The molecule has 0 aromatic carbocycles. The van der Waals surface area contributed by atoms with Crippen LogP contribution in [0, 0.1) is 0 Å². The van der Waals surface area contributed by atoms with Crippen molar-refractivity contribution in [3.63, 3.8) is 0 Å². The minimum Gasteiger partial charge on any atom is -0.381 e. The maximum absolute atomic E-state index is 11.2. The summed E-state index contributed by atoms with van der Waals surface area (Å²) in [5.41, 5.74) is 0. The number of rotatable bonds is 11. The first kappa shape index (κ1) is 14.6. The Kier molecular flexibility index (Phi) is 11.3. The monoisotopic (exact) mass is 216 g/mol. The van der Waals surface area contributed by atoms with E-state index in [-0.39, 0.29) is 12.4 Å². The highest BCUT2D eigenvalue weighted by atomic mass is 16.5. The van der Waals surface area contributed by atoms with E-state index in [9.17, 15) is 4.79 Å². The summed E-state index contributed by atoms with van der Waals surface area (Å²) in [6.45, 7) is 6.47. The van der Waals surface area contributed by atoms with Crippen molar-refractivity contribution < 1.29 is 14.3 Å². The fraction of sp³-hybridized carbons (Fsp3) is 0.917. The molecule has 90 valence electrons. The van der Waals surface area contributed by atoms with E-state index in [1.54, 1.807) is 0 Å². The summed E-state index contributed by atoms with van der Waals surface area (Å²) in [6, 6.07) is 0. The Bertz CT molecular complexity index is 146. The Labute approximate surface area is 93.1 Å². The minimum absolute atomic E-state index is 0.141. The van der Waals surface area contributed by atoms with Crippen molar-refractivity contribution >= 4 is 5.78 Å². The summed E-state index contributed by atoms with van der Waals surface area (Å²) in [5, 5.41) is 0. The molecule has 3 heteroatoms. The molecule has 0 bridgehead atoms. The number of ether oxygens (including phenoxy) is 2. The van der Waals surface area contributed by atoms with Crippen LogP contribution in [0.4, 0.5) is 0 Å². The van der Waals surface area contributed by atoms with E-state index >= 15 is 0 Å². The van der Waals surface area contributed by atoms with Crippen molar-refractivity contribution in [2.24, 2.45) is 0 Å². The number of unbranched alkanes of at least 4 members (excludes halogenated alkanes) is 2. The minimum atomic E-state index is 0.141. The zero-order valence-corrected chi connectivity index (χ0v) is 10.1. The number of carbonyl (C=O) groups is 1.